The lowest BCUT2D eigenvalue weighted by molar-refractivity contribution is -0.138. The number of alkyl carbamates (subject to hydrolysis) is 1. The van der Waals surface area contributed by atoms with E-state index in [9.17, 15) is 9.59 Å². The highest BCUT2D eigenvalue weighted by atomic mass is 32.2. The summed E-state index contributed by atoms with van der Waals surface area (Å²) in [6.45, 7) is 2.16. The van der Waals surface area contributed by atoms with Crippen molar-refractivity contribution in [3.8, 4) is 0 Å². The summed E-state index contributed by atoms with van der Waals surface area (Å²) >= 11 is 1.46. The van der Waals surface area contributed by atoms with Gasteiger partial charge >= 0.3 is 12.1 Å². The Kier molecular flexibility index (Phi) is 7.57. The average molecular weight is 297 g/mol. The van der Waals surface area contributed by atoms with E-state index in [1.54, 1.807) is 0 Å². The molecule has 0 heterocycles. The van der Waals surface area contributed by atoms with Crippen molar-refractivity contribution in [1.29, 1.82) is 0 Å². The summed E-state index contributed by atoms with van der Waals surface area (Å²) < 4.78 is 4.81. The molecule has 1 aromatic rings. The van der Waals surface area contributed by atoms with Gasteiger partial charge in [0, 0.05) is 11.5 Å². The first-order valence-corrected chi connectivity index (χ1v) is 7.56. The van der Waals surface area contributed by atoms with Crippen LogP contribution in [0, 0.1) is 0 Å². The quantitative estimate of drug-likeness (QED) is 0.771. The van der Waals surface area contributed by atoms with E-state index < -0.39 is 18.1 Å². The second-order valence-corrected chi connectivity index (χ2v) is 5.20. The molecule has 1 atom stereocenters. The number of amides is 1. The molecule has 0 aliphatic rings. The van der Waals surface area contributed by atoms with Crippen LogP contribution in [0.15, 0.2) is 30.3 Å². The van der Waals surface area contributed by atoms with Crippen LogP contribution in [0.4, 0.5) is 4.79 Å². The Hall–Kier alpha value is -1.69. The SMILES string of the molecule is CCCOC(=O)NC(CSCc1ccccc1)C(=O)O. The van der Waals surface area contributed by atoms with Crippen molar-refractivity contribution in [1.82, 2.24) is 5.32 Å². The number of carboxylic acid groups (broad SMARTS) is 1. The van der Waals surface area contributed by atoms with E-state index in [1.165, 1.54) is 11.8 Å². The molecule has 20 heavy (non-hydrogen) atoms. The molecule has 1 aromatic carbocycles. The van der Waals surface area contributed by atoms with Gasteiger partial charge in [-0.1, -0.05) is 37.3 Å². The highest BCUT2D eigenvalue weighted by molar-refractivity contribution is 7.98. The van der Waals surface area contributed by atoms with Crippen molar-refractivity contribution in [2.75, 3.05) is 12.4 Å². The topological polar surface area (TPSA) is 75.6 Å². The number of carbonyl (C=O) groups excluding carboxylic acids is 1. The molecule has 0 spiro atoms. The minimum Gasteiger partial charge on any atom is -0.480 e. The summed E-state index contributed by atoms with van der Waals surface area (Å²) in [4.78, 5) is 22.4. The molecule has 0 saturated carbocycles. The summed E-state index contributed by atoms with van der Waals surface area (Å²) in [6.07, 6.45) is 0.0213. The van der Waals surface area contributed by atoms with Gasteiger partial charge in [0.05, 0.1) is 6.61 Å². The van der Waals surface area contributed by atoms with Gasteiger partial charge in [0.1, 0.15) is 6.04 Å². The van der Waals surface area contributed by atoms with Crippen LogP contribution in [0.2, 0.25) is 0 Å². The fraction of sp³-hybridized carbons (Fsp3) is 0.429. The van der Waals surface area contributed by atoms with E-state index >= 15 is 0 Å². The molecule has 1 rings (SSSR count). The lowest BCUT2D eigenvalue weighted by atomic mass is 10.2. The van der Waals surface area contributed by atoms with Crippen molar-refractivity contribution in [3.05, 3.63) is 35.9 Å². The first kappa shape index (κ1) is 16.4. The Labute approximate surface area is 122 Å². The molecule has 0 aliphatic carbocycles. The zero-order chi connectivity index (χ0) is 14.8. The normalized spacial score (nSPS) is 11.7. The first-order valence-electron chi connectivity index (χ1n) is 6.41. The van der Waals surface area contributed by atoms with Gasteiger partial charge in [-0.05, 0) is 12.0 Å². The van der Waals surface area contributed by atoms with Gasteiger partial charge in [-0.3, -0.25) is 0 Å². The molecule has 0 radical (unpaired) electrons. The van der Waals surface area contributed by atoms with Crippen molar-refractivity contribution in [2.24, 2.45) is 0 Å². The predicted molar refractivity (Wildman–Crippen MR) is 78.8 cm³/mol. The summed E-state index contributed by atoms with van der Waals surface area (Å²) in [7, 11) is 0. The average Bonchev–Trinajstić information content (AvgIpc) is 2.45. The van der Waals surface area contributed by atoms with Crippen LogP contribution in [-0.4, -0.2) is 35.6 Å². The minimum atomic E-state index is -1.06. The second kappa shape index (κ2) is 9.25. The largest absolute Gasteiger partial charge is 0.480 e. The third-order valence-electron chi connectivity index (χ3n) is 2.42. The molecule has 0 saturated heterocycles. The van der Waals surface area contributed by atoms with E-state index in [1.807, 2.05) is 37.3 Å². The number of rotatable bonds is 8. The monoisotopic (exact) mass is 297 g/mol. The van der Waals surface area contributed by atoms with E-state index in [0.717, 1.165) is 5.56 Å². The Balaban J connectivity index is 2.35. The molecule has 1 amide bonds. The Bertz CT molecular complexity index is 424. The van der Waals surface area contributed by atoms with Crippen LogP contribution >= 0.6 is 11.8 Å². The molecular formula is C14H19NO4S. The molecule has 0 fully saturated rings. The highest BCUT2D eigenvalue weighted by Gasteiger charge is 2.20. The van der Waals surface area contributed by atoms with Crippen molar-refractivity contribution in [3.63, 3.8) is 0 Å². The molecule has 0 aliphatic heterocycles. The maximum absolute atomic E-state index is 11.3. The number of benzene rings is 1. The summed E-state index contributed by atoms with van der Waals surface area (Å²) in [5.41, 5.74) is 1.12. The van der Waals surface area contributed by atoms with Gasteiger partial charge < -0.3 is 15.2 Å². The molecule has 110 valence electrons. The number of carboxylic acids is 1. The number of ether oxygens (including phenoxy) is 1. The summed E-state index contributed by atoms with van der Waals surface area (Å²) in [5, 5.41) is 11.4. The van der Waals surface area contributed by atoms with Crippen LogP contribution < -0.4 is 5.32 Å². The lowest BCUT2D eigenvalue weighted by Gasteiger charge is -2.14. The molecule has 0 bridgehead atoms. The Morgan fingerprint density at radius 3 is 2.65 bits per heavy atom. The third kappa shape index (κ3) is 6.47. The molecular weight excluding hydrogens is 278 g/mol. The molecule has 5 nitrogen and oxygen atoms in total. The van der Waals surface area contributed by atoms with Crippen LogP contribution in [0.25, 0.3) is 0 Å². The molecule has 2 N–H and O–H groups in total. The zero-order valence-electron chi connectivity index (χ0n) is 11.4. The Morgan fingerprint density at radius 2 is 2.05 bits per heavy atom. The number of nitrogens with one attached hydrogen (secondary N) is 1. The molecule has 1 unspecified atom stereocenters. The van der Waals surface area contributed by atoms with E-state index in [0.29, 0.717) is 17.9 Å². The van der Waals surface area contributed by atoms with Gasteiger partial charge in [-0.25, -0.2) is 9.59 Å². The molecule has 0 aromatic heterocycles. The van der Waals surface area contributed by atoms with E-state index in [2.05, 4.69) is 5.32 Å². The lowest BCUT2D eigenvalue weighted by Crippen LogP contribution is -2.42. The van der Waals surface area contributed by atoms with Gasteiger partial charge in [0.25, 0.3) is 0 Å². The second-order valence-electron chi connectivity index (χ2n) is 4.17. The number of aliphatic carboxylic acids is 1. The molecule has 6 heteroatoms. The zero-order valence-corrected chi connectivity index (χ0v) is 12.2. The van der Waals surface area contributed by atoms with Crippen LogP contribution in [0.3, 0.4) is 0 Å². The smallest absolute Gasteiger partial charge is 0.407 e. The van der Waals surface area contributed by atoms with Gasteiger partial charge in [-0.15, -0.1) is 0 Å². The van der Waals surface area contributed by atoms with Crippen LogP contribution in [0.5, 0.6) is 0 Å². The predicted octanol–water partition coefficient (Wildman–Crippen LogP) is 2.51. The standard InChI is InChI=1S/C14H19NO4S/c1-2-8-19-14(18)15-12(13(16)17)10-20-9-11-6-4-3-5-7-11/h3-7,12H,2,8-10H2,1H3,(H,15,18)(H,16,17). The van der Waals surface area contributed by atoms with Gasteiger partial charge in [-0.2, -0.15) is 11.8 Å². The fourth-order valence-corrected chi connectivity index (χ4v) is 2.43. The highest BCUT2D eigenvalue weighted by Crippen LogP contribution is 2.13. The number of carbonyl (C=O) groups is 2. The van der Waals surface area contributed by atoms with Crippen molar-refractivity contribution in [2.45, 2.75) is 25.1 Å². The van der Waals surface area contributed by atoms with Crippen molar-refractivity contribution >= 4 is 23.8 Å². The van der Waals surface area contributed by atoms with Gasteiger partial charge in [0.15, 0.2) is 0 Å². The Morgan fingerprint density at radius 1 is 1.35 bits per heavy atom. The van der Waals surface area contributed by atoms with Crippen LogP contribution in [0.1, 0.15) is 18.9 Å². The van der Waals surface area contributed by atoms with E-state index in [4.69, 9.17) is 9.84 Å². The maximum atomic E-state index is 11.3. The fourth-order valence-electron chi connectivity index (χ4n) is 1.42. The third-order valence-corrected chi connectivity index (χ3v) is 3.53. The summed E-state index contributed by atoms with van der Waals surface area (Å²) in [5.74, 6) is -0.0547. The van der Waals surface area contributed by atoms with Crippen molar-refractivity contribution < 1.29 is 19.4 Å². The minimum absolute atomic E-state index is 0.287. The number of thioether (sulfide) groups is 1. The first-order chi connectivity index (χ1) is 9.63. The number of hydrogen-bond donors (Lipinski definition) is 2. The number of hydrogen-bond acceptors (Lipinski definition) is 4. The van der Waals surface area contributed by atoms with Gasteiger partial charge in [0.2, 0.25) is 0 Å². The maximum Gasteiger partial charge on any atom is 0.407 e. The van der Waals surface area contributed by atoms with E-state index in [-0.39, 0.29) is 6.61 Å². The van der Waals surface area contributed by atoms with Crippen LogP contribution in [-0.2, 0) is 15.3 Å². The summed E-state index contributed by atoms with van der Waals surface area (Å²) in [6, 6.07) is 8.82.